The molecule has 64 valence electrons. The normalized spacial score (nSPS) is 30.5. The molecule has 0 radical (unpaired) electrons. The van der Waals surface area contributed by atoms with Crippen molar-refractivity contribution in [2.45, 2.75) is 39.2 Å². The molecule has 1 saturated carbocycles. The summed E-state index contributed by atoms with van der Waals surface area (Å²) >= 11 is 0. The summed E-state index contributed by atoms with van der Waals surface area (Å²) in [5.74, 6) is 1.01. The summed E-state index contributed by atoms with van der Waals surface area (Å²) in [6.07, 6.45) is 3.66. The van der Waals surface area contributed by atoms with Crippen LogP contribution in [0.1, 0.15) is 33.1 Å². The second-order valence-electron chi connectivity index (χ2n) is 3.70. The summed E-state index contributed by atoms with van der Waals surface area (Å²) in [5, 5.41) is 0. The second-order valence-corrected chi connectivity index (χ2v) is 3.70. The smallest absolute Gasteiger partial charge is 0.219 e. The first-order valence-corrected chi connectivity index (χ1v) is 4.34. The maximum absolute atomic E-state index is 11.0. The van der Waals surface area contributed by atoms with Gasteiger partial charge in [-0.3, -0.25) is 4.79 Å². The molecular formula is C9H17NO. The van der Waals surface area contributed by atoms with Gasteiger partial charge in [-0.25, -0.2) is 0 Å². The zero-order valence-electron chi connectivity index (χ0n) is 7.63. The zero-order chi connectivity index (χ0) is 8.43. The Balaban J connectivity index is 2.43. The van der Waals surface area contributed by atoms with Crippen LogP contribution in [0.25, 0.3) is 0 Å². The quantitative estimate of drug-likeness (QED) is 0.564. The van der Waals surface area contributed by atoms with Crippen LogP contribution in [0.4, 0.5) is 0 Å². The molecule has 0 bridgehead atoms. The van der Waals surface area contributed by atoms with Crippen molar-refractivity contribution in [3.63, 3.8) is 0 Å². The van der Waals surface area contributed by atoms with Gasteiger partial charge >= 0.3 is 0 Å². The lowest BCUT2D eigenvalue weighted by molar-refractivity contribution is -0.129. The van der Waals surface area contributed by atoms with Gasteiger partial charge in [-0.2, -0.15) is 0 Å². The van der Waals surface area contributed by atoms with Gasteiger partial charge in [0.2, 0.25) is 5.91 Å². The van der Waals surface area contributed by atoms with Crippen molar-refractivity contribution >= 4 is 5.91 Å². The molecule has 11 heavy (non-hydrogen) atoms. The van der Waals surface area contributed by atoms with Crippen molar-refractivity contribution in [1.29, 1.82) is 0 Å². The minimum Gasteiger partial charge on any atom is -0.343 e. The molecule has 0 heterocycles. The monoisotopic (exact) mass is 155 g/mol. The topological polar surface area (TPSA) is 20.3 Å². The number of rotatable bonds is 1. The highest BCUT2D eigenvalue weighted by Gasteiger charge is 2.25. The predicted molar refractivity (Wildman–Crippen MR) is 45.2 cm³/mol. The first-order valence-electron chi connectivity index (χ1n) is 4.34. The van der Waals surface area contributed by atoms with Crippen LogP contribution in [-0.4, -0.2) is 23.9 Å². The van der Waals surface area contributed by atoms with E-state index >= 15 is 0 Å². The molecule has 1 amide bonds. The van der Waals surface area contributed by atoms with E-state index in [4.69, 9.17) is 0 Å². The molecule has 0 aromatic carbocycles. The third-order valence-electron chi connectivity index (χ3n) is 2.71. The minimum absolute atomic E-state index is 0.198. The summed E-state index contributed by atoms with van der Waals surface area (Å²) in [5.41, 5.74) is 0. The molecule has 2 heteroatoms. The molecule has 1 aliphatic carbocycles. The Kier molecular flexibility index (Phi) is 2.53. The van der Waals surface area contributed by atoms with Crippen LogP contribution in [0.5, 0.6) is 0 Å². The molecule has 0 aliphatic heterocycles. The Morgan fingerprint density at radius 1 is 1.45 bits per heavy atom. The Labute approximate surface area is 68.6 Å². The van der Waals surface area contributed by atoms with Crippen LogP contribution in [0.2, 0.25) is 0 Å². The van der Waals surface area contributed by atoms with Gasteiger partial charge in [-0.15, -0.1) is 0 Å². The number of hydrogen-bond donors (Lipinski definition) is 0. The molecule has 0 aromatic heterocycles. The second kappa shape index (κ2) is 3.24. The predicted octanol–water partition coefficient (Wildman–Crippen LogP) is 1.65. The molecule has 2 atom stereocenters. The first-order chi connectivity index (χ1) is 5.11. The molecule has 0 spiro atoms. The largest absolute Gasteiger partial charge is 0.343 e. The Morgan fingerprint density at radius 3 is 2.45 bits per heavy atom. The zero-order valence-corrected chi connectivity index (χ0v) is 7.63. The molecule has 2 nitrogen and oxygen atoms in total. The van der Waals surface area contributed by atoms with E-state index < -0.39 is 0 Å². The van der Waals surface area contributed by atoms with E-state index in [9.17, 15) is 4.79 Å². The highest BCUT2D eigenvalue weighted by Crippen LogP contribution is 2.27. The summed E-state index contributed by atoms with van der Waals surface area (Å²) < 4.78 is 0. The lowest BCUT2D eigenvalue weighted by Gasteiger charge is -2.22. The van der Waals surface area contributed by atoms with Gasteiger partial charge in [0.25, 0.3) is 0 Å². The Morgan fingerprint density at radius 2 is 2.09 bits per heavy atom. The van der Waals surface area contributed by atoms with E-state index in [0.29, 0.717) is 6.04 Å². The molecule has 1 rings (SSSR count). The van der Waals surface area contributed by atoms with Crippen LogP contribution in [0.3, 0.4) is 0 Å². The highest BCUT2D eigenvalue weighted by molar-refractivity contribution is 5.73. The van der Waals surface area contributed by atoms with Gasteiger partial charge < -0.3 is 4.90 Å². The van der Waals surface area contributed by atoms with Gasteiger partial charge in [0.05, 0.1) is 0 Å². The van der Waals surface area contributed by atoms with Crippen LogP contribution in [0, 0.1) is 5.92 Å². The third-order valence-corrected chi connectivity index (χ3v) is 2.71. The van der Waals surface area contributed by atoms with Gasteiger partial charge in [0.15, 0.2) is 0 Å². The average molecular weight is 155 g/mol. The summed E-state index contributed by atoms with van der Waals surface area (Å²) in [7, 11) is 1.91. The fourth-order valence-electron chi connectivity index (χ4n) is 1.79. The van der Waals surface area contributed by atoms with Gasteiger partial charge in [0, 0.05) is 20.0 Å². The lowest BCUT2D eigenvalue weighted by Crippen LogP contribution is -2.33. The third kappa shape index (κ3) is 1.95. The molecular weight excluding hydrogens is 138 g/mol. The van der Waals surface area contributed by atoms with E-state index in [-0.39, 0.29) is 5.91 Å². The maximum atomic E-state index is 11.0. The van der Waals surface area contributed by atoms with Crippen LogP contribution in [0.15, 0.2) is 0 Å². The van der Waals surface area contributed by atoms with E-state index in [1.165, 1.54) is 19.3 Å². The van der Waals surface area contributed by atoms with E-state index in [1.54, 1.807) is 6.92 Å². The number of amides is 1. The van der Waals surface area contributed by atoms with E-state index in [1.807, 2.05) is 11.9 Å². The number of hydrogen-bond acceptors (Lipinski definition) is 1. The molecule has 0 N–H and O–H groups in total. The molecule has 1 aliphatic rings. The van der Waals surface area contributed by atoms with E-state index in [0.717, 1.165) is 5.92 Å². The van der Waals surface area contributed by atoms with Gasteiger partial charge in [-0.1, -0.05) is 6.92 Å². The molecule has 2 unspecified atom stereocenters. The van der Waals surface area contributed by atoms with Crippen LogP contribution >= 0.6 is 0 Å². The Hall–Kier alpha value is -0.530. The van der Waals surface area contributed by atoms with Crippen molar-refractivity contribution in [2.75, 3.05) is 7.05 Å². The number of carbonyl (C=O) groups is 1. The number of nitrogens with zero attached hydrogens (tertiary/aromatic N) is 1. The Bertz CT molecular complexity index is 156. The van der Waals surface area contributed by atoms with Gasteiger partial charge in [-0.05, 0) is 25.2 Å². The van der Waals surface area contributed by atoms with Gasteiger partial charge in [0.1, 0.15) is 0 Å². The van der Waals surface area contributed by atoms with Crippen LogP contribution in [-0.2, 0) is 4.79 Å². The molecule has 0 saturated heterocycles. The standard InChI is InChI=1S/C9H17NO/c1-7-4-5-9(6-7)10(3)8(2)11/h7,9H,4-6H2,1-3H3. The summed E-state index contributed by atoms with van der Waals surface area (Å²) in [6.45, 7) is 3.90. The van der Waals surface area contributed by atoms with Crippen molar-refractivity contribution in [1.82, 2.24) is 4.90 Å². The van der Waals surface area contributed by atoms with Crippen molar-refractivity contribution in [3.05, 3.63) is 0 Å². The SMILES string of the molecule is CC(=O)N(C)C1CCC(C)C1. The number of carbonyl (C=O) groups excluding carboxylic acids is 1. The van der Waals surface area contributed by atoms with Crippen molar-refractivity contribution in [2.24, 2.45) is 5.92 Å². The fraction of sp³-hybridized carbons (Fsp3) is 0.889. The summed E-state index contributed by atoms with van der Waals surface area (Å²) in [4.78, 5) is 12.8. The maximum Gasteiger partial charge on any atom is 0.219 e. The molecule has 1 fully saturated rings. The van der Waals surface area contributed by atoms with Crippen LogP contribution < -0.4 is 0 Å². The van der Waals surface area contributed by atoms with E-state index in [2.05, 4.69) is 6.92 Å². The van der Waals surface area contributed by atoms with Crippen molar-refractivity contribution in [3.8, 4) is 0 Å². The highest BCUT2D eigenvalue weighted by atomic mass is 16.2. The average Bonchev–Trinajstić information content (AvgIpc) is 2.34. The minimum atomic E-state index is 0.198. The fourth-order valence-corrected chi connectivity index (χ4v) is 1.79. The molecule has 0 aromatic rings. The lowest BCUT2D eigenvalue weighted by atomic mass is 10.1. The van der Waals surface area contributed by atoms with Crippen molar-refractivity contribution < 1.29 is 4.79 Å². The first kappa shape index (κ1) is 8.57. The summed E-state index contributed by atoms with van der Waals surface area (Å²) in [6, 6.07) is 0.516.